The maximum Gasteiger partial charge on any atom is 0.316 e. The maximum atomic E-state index is 12.1. The van der Waals surface area contributed by atoms with E-state index in [4.69, 9.17) is 56.1 Å². The van der Waals surface area contributed by atoms with Crippen LogP contribution in [0.15, 0.2) is 99.9 Å². The highest BCUT2D eigenvalue weighted by Gasteiger charge is 2.34. The summed E-state index contributed by atoms with van der Waals surface area (Å²) in [4.78, 5) is 125. The van der Waals surface area contributed by atoms with Gasteiger partial charge in [-0.05, 0) is 237 Å². The molecule has 33 nitrogen and oxygen atoms in total. The van der Waals surface area contributed by atoms with Gasteiger partial charge in [0, 0.05) is 176 Å². The fourth-order valence-electron chi connectivity index (χ4n) is 9.39. The summed E-state index contributed by atoms with van der Waals surface area (Å²) in [5.74, 6) is 0.384. The van der Waals surface area contributed by atoms with Gasteiger partial charge in [-0.3, -0.25) is 67.9 Å². The third-order valence-electron chi connectivity index (χ3n) is 24.3. The Balaban J connectivity index is -0.00000154. The normalized spacial score (nSPS) is 12.6. The van der Waals surface area contributed by atoms with Crippen LogP contribution in [0.25, 0.3) is 0 Å². The number of ether oxygens (including phenoxy) is 7. The molecule has 0 radical (unpaired) electrons. The van der Waals surface area contributed by atoms with Gasteiger partial charge in [0.05, 0.1) is 51.0 Å². The molecular weight excluding hydrogens is 1790 g/mol. The number of rotatable bonds is 48. The number of aliphatic imine (C=N–C) groups is 3. The Morgan fingerprint density at radius 2 is 0.700 bits per heavy atom. The van der Waals surface area contributed by atoms with Crippen LogP contribution in [0, 0.1) is 48.7 Å². The quantitative estimate of drug-likeness (QED) is 0.00490. The number of phenolic OH excluding ortho intramolecular Hbond substituents is 3. The van der Waals surface area contributed by atoms with Gasteiger partial charge < -0.3 is 97.2 Å². The number of aromatic hydroxyl groups is 3. The highest BCUT2D eigenvalue weighted by molar-refractivity contribution is 5.87. The number of hydrogen-bond acceptors (Lipinski definition) is 31. The molecule has 2 fully saturated rings. The highest BCUT2D eigenvalue weighted by Crippen LogP contribution is 2.32. The fourth-order valence-corrected chi connectivity index (χ4v) is 9.39. The van der Waals surface area contributed by atoms with E-state index in [1.54, 1.807) is 74.1 Å². The molecule has 140 heavy (non-hydrogen) atoms. The summed E-state index contributed by atoms with van der Waals surface area (Å²) in [6.45, 7) is 67.6. The smallest absolute Gasteiger partial charge is 0.316 e. The van der Waals surface area contributed by atoms with Crippen LogP contribution in [0.3, 0.4) is 0 Å². The average molecular weight is 1970 g/mol. The van der Waals surface area contributed by atoms with Gasteiger partial charge in [0.25, 0.3) is 0 Å². The number of carbonyl (C=O) groups excluding carboxylic acids is 9. The van der Waals surface area contributed by atoms with Gasteiger partial charge in [-0.2, -0.15) is 0 Å². The number of para-hydroxylation sites is 1. The number of phenols is 3. The predicted molar refractivity (Wildman–Crippen MR) is 566 cm³/mol. The van der Waals surface area contributed by atoms with Gasteiger partial charge in [-0.25, -0.2) is 0 Å². The van der Waals surface area contributed by atoms with Crippen molar-refractivity contribution in [3.8, 4) is 34.5 Å². The van der Waals surface area contributed by atoms with Crippen molar-refractivity contribution in [3.05, 3.63) is 102 Å². The molecule has 33 heteroatoms. The number of anilines is 1. The molecule has 4 aromatic carbocycles. The largest absolute Gasteiger partial charge is 0.507 e. The van der Waals surface area contributed by atoms with Crippen LogP contribution in [0.5, 0.6) is 34.5 Å². The first-order chi connectivity index (χ1) is 65.3. The lowest BCUT2D eigenvalue weighted by Crippen LogP contribution is -2.38. The third-order valence-corrected chi connectivity index (χ3v) is 24.3. The molecule has 2 amide bonds. The Morgan fingerprint density at radius 3 is 1.04 bits per heavy atom. The van der Waals surface area contributed by atoms with Crippen molar-refractivity contribution in [2.75, 3.05) is 177 Å². The Hall–Kier alpha value is -10.0. The first-order valence-corrected chi connectivity index (χ1v) is 49.5. The molecule has 14 N–H and O–H groups in total. The lowest BCUT2D eigenvalue weighted by molar-refractivity contribution is -0.155. The second kappa shape index (κ2) is 69.8. The number of esters is 7. The Kier molecular flexibility index (Phi) is 66.9. The van der Waals surface area contributed by atoms with E-state index in [0.29, 0.717) is 126 Å². The number of likely N-dealkylation sites (N-methyl/N-ethyl adjacent to an activating group) is 2. The van der Waals surface area contributed by atoms with E-state index in [9.17, 15) is 58.5 Å². The van der Waals surface area contributed by atoms with E-state index < -0.39 is 16.2 Å². The number of benzene rings is 4. The van der Waals surface area contributed by atoms with Gasteiger partial charge in [0.2, 0.25) is 11.8 Å². The Morgan fingerprint density at radius 1 is 0.371 bits per heavy atom. The minimum Gasteiger partial charge on any atom is -0.507 e. The summed E-state index contributed by atoms with van der Waals surface area (Å²) in [5.41, 5.74) is 21.0. The van der Waals surface area contributed by atoms with E-state index in [0.717, 1.165) is 103 Å². The summed E-state index contributed by atoms with van der Waals surface area (Å²) >= 11 is 0. The van der Waals surface area contributed by atoms with Gasteiger partial charge in [-0.1, -0.05) is 102 Å². The molecule has 0 saturated carbocycles. The molecule has 2 aliphatic heterocycles. The second-order valence-electron chi connectivity index (χ2n) is 40.0. The minimum absolute atomic E-state index is 0.0129. The number of carbonyl (C=O) groups is 9. The molecule has 0 bridgehead atoms. The standard InChI is InChI=1S/C22H26N2O4.C16H27N3O2.C14H19NO3.C10H20N2O.C10H19NO2.C10H21NO2.C9H19NO2.C8H18N2O.C8H17NO2/c1-4-22(2,3)21(27)28-18-10-9-17(20(26)13-18)15-24-12-11-23-14-16-7-5-6-8-19(16)25;1-4-16(2,3)15(20)21-14-7-5-13(6-8-14)19(11-9-17)12-10-18;1-5-14(2,3)13(17)18-11-7-6-10(9-15-4)12(16)8-11;1-4-10(2,3)9(13)11-5-6-12-7-8-12;1-4-10(2,3)9(12)13-8-7-11-5-6-11;1-6-10(2,3)9(12)13-8-7-11(4)5;1-5-9(2,3)8(11)12-7-6-10-4;1-4-8(2,3)7(11)10-6-5-9;1-4-8(2,3)7(10)11-6-5-9/h5-10,13-15,25-26H,4,11-12H2,1-3H3;5-8H,4,9-12,17-18H2,1-3H3;6-9,16H,5H2,1-4H3;4-8H2,1-3H3,(H,11,13);4-8H2,1-3H3;6-8H2,1-5H3;10H,5-7H2,1-4H3;4-6,9H2,1-3H3,(H,10,11);4-6,9H2,1-3H3. The van der Waals surface area contributed by atoms with Crippen LogP contribution in [0.1, 0.15) is 261 Å². The monoisotopic (exact) mass is 1970 g/mol. The van der Waals surface area contributed by atoms with Crippen LogP contribution < -0.4 is 58.0 Å². The van der Waals surface area contributed by atoms with Crippen LogP contribution >= 0.6 is 0 Å². The zero-order chi connectivity index (χ0) is 108. The Labute approximate surface area is 840 Å². The zero-order valence-corrected chi connectivity index (χ0v) is 91.5. The molecule has 0 unspecified atom stereocenters. The number of nitrogens with zero attached hydrogens (tertiary/aromatic N) is 7. The van der Waals surface area contributed by atoms with Gasteiger partial charge in [0.15, 0.2) is 0 Å². The average Bonchev–Trinajstić information content (AvgIpc) is 1.45. The molecule has 2 heterocycles. The maximum absolute atomic E-state index is 12.1. The lowest BCUT2D eigenvalue weighted by Gasteiger charge is -2.24. The molecule has 6 rings (SSSR count). The van der Waals surface area contributed by atoms with Crippen LogP contribution in [0.4, 0.5) is 5.69 Å². The lowest BCUT2D eigenvalue weighted by atomic mass is 9.89. The SMILES string of the molecule is CCC(C)(C)C(=O)NCCN.CCC(C)(C)C(=O)NCCN1CC1.CCC(C)(C)C(=O)OCCN.CCC(C)(C)C(=O)OCCN(C)C.CCC(C)(C)C(=O)OCCN1CC1.CCC(C)(C)C(=O)OCCNC.CCC(C)(C)C(=O)Oc1ccc(C=NC)c(O)c1.CCC(C)(C)C(=O)Oc1ccc(C=NCCN=Cc2ccccc2O)c(O)c1.CCC(C)(C)C(=O)Oc1ccc(N(CCN)CCN)cc1. The summed E-state index contributed by atoms with van der Waals surface area (Å²) in [7, 11) is 7.37. The van der Waals surface area contributed by atoms with Gasteiger partial charge in [0.1, 0.15) is 60.9 Å². The van der Waals surface area contributed by atoms with Crippen LogP contribution in [-0.4, -0.2) is 275 Å². The number of hydrogen-bond donors (Lipinski definition) is 10. The van der Waals surface area contributed by atoms with Crippen molar-refractivity contribution in [3.63, 3.8) is 0 Å². The topological polar surface area (TPSA) is 469 Å². The Bertz CT molecular complexity index is 4180. The molecule has 2 saturated heterocycles. The molecule has 798 valence electrons. The van der Waals surface area contributed by atoms with E-state index in [1.807, 2.05) is 231 Å². The van der Waals surface area contributed by atoms with Crippen molar-refractivity contribution in [2.45, 2.75) is 245 Å². The van der Waals surface area contributed by atoms with E-state index in [2.05, 4.69) is 45.6 Å². The molecular formula is C107H186N14O19. The second-order valence-corrected chi connectivity index (χ2v) is 40.0. The fraction of sp³-hybridized carbons (Fsp3) is 0.664. The van der Waals surface area contributed by atoms with Gasteiger partial charge in [-0.15, -0.1) is 0 Å². The van der Waals surface area contributed by atoms with Crippen LogP contribution in [-0.2, 0) is 62.1 Å². The van der Waals surface area contributed by atoms with Crippen molar-refractivity contribution < 1.29 is 91.6 Å². The highest BCUT2D eigenvalue weighted by atomic mass is 16.6. The van der Waals surface area contributed by atoms with E-state index >= 15 is 0 Å². The van der Waals surface area contributed by atoms with E-state index in [-0.39, 0.29) is 103 Å². The molecule has 0 spiro atoms. The summed E-state index contributed by atoms with van der Waals surface area (Å²) in [6, 6.07) is 23.8. The third kappa shape index (κ3) is 57.8. The summed E-state index contributed by atoms with van der Waals surface area (Å²) < 4.78 is 36.2. The molecule has 0 atom stereocenters. The summed E-state index contributed by atoms with van der Waals surface area (Å²) in [6.07, 6.45) is 11.8. The molecule has 2 aliphatic rings. The number of amides is 2. The van der Waals surface area contributed by atoms with Crippen molar-refractivity contribution in [1.29, 1.82) is 0 Å². The molecule has 0 aliphatic carbocycles. The van der Waals surface area contributed by atoms with Crippen molar-refractivity contribution in [2.24, 2.45) is 86.6 Å². The van der Waals surface area contributed by atoms with E-state index in [1.165, 1.54) is 31.4 Å². The predicted octanol–water partition coefficient (Wildman–Crippen LogP) is 14.8. The number of nitrogens with two attached hydrogens (primary N) is 4. The number of nitrogens with one attached hydrogen (secondary N) is 3. The molecule has 4 aromatic rings. The summed E-state index contributed by atoms with van der Waals surface area (Å²) in [5, 5.41) is 38.1. The molecule has 0 aromatic heterocycles. The minimum atomic E-state index is -0.577. The van der Waals surface area contributed by atoms with Crippen molar-refractivity contribution >= 4 is 77.9 Å². The van der Waals surface area contributed by atoms with Gasteiger partial charge >= 0.3 is 41.8 Å². The first-order valence-electron chi connectivity index (χ1n) is 49.5. The zero-order valence-electron chi connectivity index (χ0n) is 91.5. The first kappa shape index (κ1) is 134. The van der Waals surface area contributed by atoms with Crippen LogP contribution in [0.2, 0.25) is 0 Å². The van der Waals surface area contributed by atoms with Crippen molar-refractivity contribution in [1.82, 2.24) is 30.7 Å².